The SMILES string of the molecule is COc1ccc2cc1NS(=O)(=O)c1cc(cc(Cl)c1OC)C(=O)OCCOc1cc(F)ncc1-2. The Morgan fingerprint density at radius 3 is 2.56 bits per heavy atom. The smallest absolute Gasteiger partial charge is 0.338 e. The Hall–Kier alpha value is -3.57. The van der Waals surface area contributed by atoms with Gasteiger partial charge in [0.15, 0.2) is 5.75 Å². The molecule has 1 N–H and O–H groups in total. The van der Waals surface area contributed by atoms with Gasteiger partial charge in [0.25, 0.3) is 10.0 Å². The first-order valence-corrected chi connectivity index (χ1v) is 11.6. The van der Waals surface area contributed by atoms with E-state index in [-0.39, 0.29) is 51.6 Å². The molecular formula is C22H18ClFN2O7S. The Morgan fingerprint density at radius 2 is 1.82 bits per heavy atom. The molecule has 0 radical (unpaired) electrons. The fraction of sp³-hybridized carbons (Fsp3) is 0.182. The minimum atomic E-state index is -4.34. The van der Waals surface area contributed by atoms with Crippen LogP contribution in [0.3, 0.4) is 0 Å². The van der Waals surface area contributed by atoms with Gasteiger partial charge in [-0.1, -0.05) is 17.7 Å². The van der Waals surface area contributed by atoms with Gasteiger partial charge in [0.1, 0.15) is 29.6 Å². The van der Waals surface area contributed by atoms with Crippen molar-refractivity contribution in [2.45, 2.75) is 4.90 Å². The maximum atomic E-state index is 13.8. The van der Waals surface area contributed by atoms with Crippen molar-refractivity contribution >= 4 is 33.3 Å². The minimum Gasteiger partial charge on any atom is -0.495 e. The molecule has 4 rings (SSSR count). The zero-order valence-corrected chi connectivity index (χ0v) is 19.5. The molecule has 178 valence electrons. The highest BCUT2D eigenvalue weighted by atomic mass is 35.5. The molecule has 4 bridgehead atoms. The van der Waals surface area contributed by atoms with Crippen LogP contribution in [0.4, 0.5) is 10.1 Å². The van der Waals surface area contributed by atoms with Crippen LogP contribution in [-0.2, 0) is 14.8 Å². The molecule has 1 aliphatic rings. The van der Waals surface area contributed by atoms with E-state index < -0.39 is 21.9 Å². The molecule has 0 saturated heterocycles. The van der Waals surface area contributed by atoms with Crippen molar-refractivity contribution in [1.82, 2.24) is 4.98 Å². The minimum absolute atomic E-state index is 0.0660. The zero-order chi connectivity index (χ0) is 24.5. The monoisotopic (exact) mass is 508 g/mol. The number of anilines is 1. The quantitative estimate of drug-likeness (QED) is 0.409. The first-order valence-electron chi connectivity index (χ1n) is 9.77. The van der Waals surface area contributed by atoms with E-state index in [1.807, 2.05) is 0 Å². The molecule has 0 atom stereocenters. The third kappa shape index (κ3) is 4.57. The number of nitrogens with one attached hydrogen (secondary N) is 1. The topological polar surface area (TPSA) is 113 Å². The highest BCUT2D eigenvalue weighted by molar-refractivity contribution is 7.92. The first kappa shape index (κ1) is 23.6. The number of rotatable bonds is 2. The van der Waals surface area contributed by atoms with Crippen LogP contribution in [0.25, 0.3) is 11.1 Å². The summed E-state index contributed by atoms with van der Waals surface area (Å²) in [6, 6.07) is 8.06. The number of cyclic esters (lactones) is 1. The van der Waals surface area contributed by atoms with Gasteiger partial charge in [0.05, 0.1) is 30.5 Å². The summed E-state index contributed by atoms with van der Waals surface area (Å²) >= 11 is 6.20. The van der Waals surface area contributed by atoms with E-state index >= 15 is 0 Å². The number of benzene rings is 2. The summed E-state index contributed by atoms with van der Waals surface area (Å²) < 4.78 is 64.3. The zero-order valence-electron chi connectivity index (χ0n) is 17.9. The summed E-state index contributed by atoms with van der Waals surface area (Å²) in [5, 5.41) is -0.104. The van der Waals surface area contributed by atoms with E-state index in [1.165, 1.54) is 38.6 Å². The number of methoxy groups -OCH3 is 2. The third-order valence-corrected chi connectivity index (χ3v) is 6.55. The van der Waals surface area contributed by atoms with Gasteiger partial charge >= 0.3 is 5.97 Å². The lowest BCUT2D eigenvalue weighted by molar-refractivity contribution is 0.0450. The summed E-state index contributed by atoms with van der Waals surface area (Å²) in [6.45, 7) is -0.293. The number of carbonyl (C=O) groups is 1. The largest absolute Gasteiger partial charge is 0.495 e. The highest BCUT2D eigenvalue weighted by Gasteiger charge is 2.27. The van der Waals surface area contributed by atoms with Crippen LogP contribution >= 0.6 is 11.6 Å². The van der Waals surface area contributed by atoms with Gasteiger partial charge in [-0.15, -0.1) is 0 Å². The van der Waals surface area contributed by atoms with E-state index in [0.29, 0.717) is 11.1 Å². The van der Waals surface area contributed by atoms with E-state index in [4.69, 9.17) is 30.5 Å². The van der Waals surface area contributed by atoms with Gasteiger partial charge in [-0.3, -0.25) is 4.72 Å². The van der Waals surface area contributed by atoms with Gasteiger partial charge < -0.3 is 18.9 Å². The predicted octanol–water partition coefficient (Wildman–Crippen LogP) is 3.91. The number of halogens is 2. The number of fused-ring (bicyclic) bond motifs is 6. The molecule has 1 aromatic heterocycles. The lowest BCUT2D eigenvalue weighted by atomic mass is 10.1. The van der Waals surface area contributed by atoms with E-state index in [2.05, 4.69) is 9.71 Å². The molecule has 3 aromatic rings. The lowest BCUT2D eigenvalue weighted by Gasteiger charge is -2.16. The highest BCUT2D eigenvalue weighted by Crippen LogP contribution is 2.39. The van der Waals surface area contributed by atoms with E-state index in [9.17, 15) is 17.6 Å². The first-order chi connectivity index (χ1) is 16.2. The van der Waals surface area contributed by atoms with Gasteiger partial charge in [-0.2, -0.15) is 4.39 Å². The summed E-state index contributed by atoms with van der Waals surface area (Å²) in [5.41, 5.74) is 0.798. The number of pyridine rings is 1. The number of sulfonamides is 1. The van der Waals surface area contributed by atoms with Crippen LogP contribution in [0, 0.1) is 5.95 Å². The molecule has 12 heteroatoms. The fourth-order valence-corrected chi connectivity index (χ4v) is 4.99. The molecule has 1 aliphatic heterocycles. The summed E-state index contributed by atoms with van der Waals surface area (Å²) in [6.07, 6.45) is 1.25. The molecule has 0 amide bonds. The number of hydrogen-bond acceptors (Lipinski definition) is 8. The molecule has 0 spiro atoms. The molecule has 0 saturated carbocycles. The number of carbonyl (C=O) groups excluding carboxylic acids is 1. The fourth-order valence-electron chi connectivity index (χ4n) is 3.36. The van der Waals surface area contributed by atoms with Crippen LogP contribution in [0.5, 0.6) is 17.2 Å². The molecule has 9 nitrogen and oxygen atoms in total. The second-order valence-corrected chi connectivity index (χ2v) is 9.06. The van der Waals surface area contributed by atoms with Crippen molar-refractivity contribution in [3.63, 3.8) is 0 Å². The van der Waals surface area contributed by atoms with Crippen LogP contribution in [0.2, 0.25) is 5.02 Å². The molecule has 2 heterocycles. The molecule has 2 aromatic carbocycles. The average molecular weight is 509 g/mol. The van der Waals surface area contributed by atoms with Crippen molar-refractivity contribution in [2.75, 3.05) is 32.2 Å². The Morgan fingerprint density at radius 1 is 1.06 bits per heavy atom. The predicted molar refractivity (Wildman–Crippen MR) is 121 cm³/mol. The van der Waals surface area contributed by atoms with Crippen molar-refractivity contribution in [3.8, 4) is 28.4 Å². The Bertz CT molecular complexity index is 1380. The Balaban J connectivity index is 1.93. The summed E-state index contributed by atoms with van der Waals surface area (Å²) in [5.74, 6) is -1.43. The number of aromatic nitrogens is 1. The maximum absolute atomic E-state index is 13.8. The number of hydrogen-bond donors (Lipinski definition) is 1. The summed E-state index contributed by atoms with van der Waals surface area (Å²) in [7, 11) is -1.71. The summed E-state index contributed by atoms with van der Waals surface area (Å²) in [4.78, 5) is 15.8. The Labute approximate surface area is 199 Å². The van der Waals surface area contributed by atoms with Gasteiger partial charge in [-0.05, 0) is 29.8 Å². The van der Waals surface area contributed by atoms with Gasteiger partial charge in [-0.25, -0.2) is 18.2 Å². The maximum Gasteiger partial charge on any atom is 0.338 e. The van der Waals surface area contributed by atoms with Crippen LogP contribution in [0.1, 0.15) is 10.4 Å². The molecule has 34 heavy (non-hydrogen) atoms. The second kappa shape index (κ2) is 9.35. The van der Waals surface area contributed by atoms with Crippen molar-refractivity contribution in [2.24, 2.45) is 0 Å². The molecule has 0 fully saturated rings. The van der Waals surface area contributed by atoms with Crippen LogP contribution < -0.4 is 18.9 Å². The van der Waals surface area contributed by atoms with E-state index in [0.717, 1.165) is 12.1 Å². The second-order valence-electron chi connectivity index (χ2n) is 7.00. The average Bonchev–Trinajstić information content (AvgIpc) is 2.80. The van der Waals surface area contributed by atoms with Crippen LogP contribution in [0.15, 0.2) is 47.5 Å². The lowest BCUT2D eigenvalue weighted by Crippen LogP contribution is -2.17. The van der Waals surface area contributed by atoms with Crippen molar-refractivity contribution in [3.05, 3.63) is 59.1 Å². The van der Waals surface area contributed by atoms with E-state index in [1.54, 1.807) is 6.07 Å². The molecule has 0 aliphatic carbocycles. The van der Waals surface area contributed by atoms with Crippen molar-refractivity contribution < 1.29 is 36.6 Å². The van der Waals surface area contributed by atoms with Gasteiger partial charge in [0, 0.05) is 17.8 Å². The number of nitrogens with zero attached hydrogens (tertiary/aromatic N) is 1. The normalized spacial score (nSPS) is 14.9. The van der Waals surface area contributed by atoms with Crippen molar-refractivity contribution in [1.29, 1.82) is 0 Å². The van der Waals surface area contributed by atoms with Crippen LogP contribution in [-0.4, -0.2) is 46.8 Å². The molecular weight excluding hydrogens is 491 g/mol. The Kier molecular flexibility index (Phi) is 6.49. The third-order valence-electron chi connectivity index (χ3n) is 4.90. The number of ether oxygens (including phenoxy) is 4. The standard InChI is InChI=1S/C22H18ClFN2O7S/c1-30-17-4-3-12-8-16(17)26-34(28,29)19-9-13(7-15(23)21(19)31-2)22(27)33-6-5-32-18-10-20(24)25-11-14(12)18/h3-4,7-11,26H,5-6H2,1-2H3. The number of esters is 1. The molecule has 0 unspecified atom stereocenters. The van der Waals surface area contributed by atoms with Gasteiger partial charge in [0.2, 0.25) is 5.95 Å².